The van der Waals surface area contributed by atoms with E-state index in [0.717, 1.165) is 30.3 Å². The SMILES string of the molecule is COC[C@@H](C)N[C@@H]1CC=C(c2cnc(N)c3c(-c4ccc(NS(=O)(=O)Cc5ccccc5Cl)c(F)c4)nn(C(C)C)c23)CC1. The molecule has 1 aliphatic rings. The quantitative estimate of drug-likeness (QED) is 0.170. The number of fused-ring (bicyclic) bond motifs is 1. The molecular weight excluding hydrogens is 603 g/mol. The van der Waals surface area contributed by atoms with Crippen LogP contribution in [-0.2, 0) is 20.5 Å². The van der Waals surface area contributed by atoms with Gasteiger partial charge in [-0.1, -0.05) is 41.9 Å². The predicted molar refractivity (Wildman–Crippen MR) is 176 cm³/mol. The number of allylic oxidation sites excluding steroid dienone is 1. The lowest BCUT2D eigenvalue weighted by atomic mass is 9.90. The maximum Gasteiger partial charge on any atom is 0.237 e. The molecule has 2 aromatic heterocycles. The molecule has 0 saturated heterocycles. The number of anilines is 2. The molecule has 0 unspecified atom stereocenters. The molecule has 2 heterocycles. The van der Waals surface area contributed by atoms with Gasteiger partial charge in [0.05, 0.1) is 29.0 Å². The highest BCUT2D eigenvalue weighted by atomic mass is 35.5. The highest BCUT2D eigenvalue weighted by Crippen LogP contribution is 2.39. The summed E-state index contributed by atoms with van der Waals surface area (Å²) in [6.07, 6.45) is 6.74. The van der Waals surface area contributed by atoms with Crippen LogP contribution in [0.25, 0.3) is 27.7 Å². The molecule has 0 saturated carbocycles. The number of benzene rings is 2. The Balaban J connectivity index is 1.47. The van der Waals surface area contributed by atoms with Gasteiger partial charge in [0.2, 0.25) is 10.0 Å². The zero-order valence-electron chi connectivity index (χ0n) is 25.3. The molecule has 12 heteroatoms. The zero-order chi connectivity index (χ0) is 31.6. The lowest BCUT2D eigenvalue weighted by Gasteiger charge is -2.26. The van der Waals surface area contributed by atoms with E-state index in [2.05, 4.69) is 28.0 Å². The largest absolute Gasteiger partial charge is 0.383 e. The van der Waals surface area contributed by atoms with Crippen molar-refractivity contribution < 1.29 is 17.5 Å². The van der Waals surface area contributed by atoms with Crippen LogP contribution < -0.4 is 15.8 Å². The molecule has 5 rings (SSSR count). The topological polar surface area (TPSA) is 124 Å². The molecular formula is C32H38ClFN6O3S. The highest BCUT2D eigenvalue weighted by molar-refractivity contribution is 7.91. The predicted octanol–water partition coefficient (Wildman–Crippen LogP) is 6.56. The molecule has 44 heavy (non-hydrogen) atoms. The van der Waals surface area contributed by atoms with Gasteiger partial charge in [-0.3, -0.25) is 9.40 Å². The van der Waals surface area contributed by atoms with Crippen LogP contribution in [0.15, 0.2) is 54.7 Å². The smallest absolute Gasteiger partial charge is 0.237 e. The number of halogens is 2. The first-order chi connectivity index (χ1) is 21.0. The van der Waals surface area contributed by atoms with Crippen LogP contribution in [0.4, 0.5) is 15.9 Å². The number of rotatable bonds is 11. The van der Waals surface area contributed by atoms with Gasteiger partial charge in [0, 0.05) is 47.6 Å². The average molecular weight is 641 g/mol. The molecule has 0 fully saturated rings. The molecule has 1 aliphatic carbocycles. The Kier molecular flexibility index (Phi) is 9.59. The molecule has 234 valence electrons. The Morgan fingerprint density at radius 2 is 1.98 bits per heavy atom. The van der Waals surface area contributed by atoms with E-state index < -0.39 is 15.8 Å². The maximum absolute atomic E-state index is 15.4. The van der Waals surface area contributed by atoms with E-state index in [1.54, 1.807) is 43.6 Å². The molecule has 0 bridgehead atoms. The monoisotopic (exact) mass is 640 g/mol. The summed E-state index contributed by atoms with van der Waals surface area (Å²) in [6, 6.07) is 11.5. The van der Waals surface area contributed by atoms with E-state index in [9.17, 15) is 8.42 Å². The molecule has 2 aromatic carbocycles. The van der Waals surface area contributed by atoms with Crippen LogP contribution in [0, 0.1) is 5.82 Å². The summed E-state index contributed by atoms with van der Waals surface area (Å²) < 4.78 is 50.6. The van der Waals surface area contributed by atoms with Crippen LogP contribution in [0.1, 0.15) is 57.2 Å². The summed E-state index contributed by atoms with van der Waals surface area (Å²) in [5, 5.41) is 9.47. The summed E-state index contributed by atoms with van der Waals surface area (Å²) >= 11 is 6.13. The van der Waals surface area contributed by atoms with E-state index in [1.807, 2.05) is 18.5 Å². The third-order valence-corrected chi connectivity index (χ3v) is 9.34. The second-order valence-electron chi connectivity index (χ2n) is 11.5. The summed E-state index contributed by atoms with van der Waals surface area (Å²) in [7, 11) is -2.23. The number of hydrogen-bond donors (Lipinski definition) is 3. The maximum atomic E-state index is 15.4. The fraction of sp³-hybridized carbons (Fsp3) is 0.375. The normalized spacial score (nSPS) is 16.3. The van der Waals surface area contributed by atoms with Crippen molar-refractivity contribution in [2.45, 2.75) is 63.9 Å². The second-order valence-corrected chi connectivity index (χ2v) is 13.7. The first-order valence-corrected chi connectivity index (χ1v) is 16.6. The van der Waals surface area contributed by atoms with Gasteiger partial charge in [-0.25, -0.2) is 17.8 Å². The fourth-order valence-electron chi connectivity index (χ4n) is 5.71. The van der Waals surface area contributed by atoms with Crippen LogP contribution in [-0.4, -0.2) is 49.0 Å². The molecule has 0 aliphatic heterocycles. The van der Waals surface area contributed by atoms with E-state index in [0.29, 0.717) is 45.7 Å². The fourth-order valence-corrected chi connectivity index (χ4v) is 7.22. The van der Waals surface area contributed by atoms with Crippen molar-refractivity contribution >= 4 is 49.6 Å². The minimum absolute atomic E-state index is 0.0129. The minimum Gasteiger partial charge on any atom is -0.383 e. The van der Waals surface area contributed by atoms with Crippen molar-refractivity contribution in [3.05, 3.63) is 76.7 Å². The van der Waals surface area contributed by atoms with E-state index >= 15 is 4.39 Å². The average Bonchev–Trinajstić information content (AvgIpc) is 3.38. The van der Waals surface area contributed by atoms with Gasteiger partial charge in [-0.2, -0.15) is 5.10 Å². The molecule has 0 amide bonds. The third-order valence-electron chi connectivity index (χ3n) is 7.75. The third kappa shape index (κ3) is 6.91. The number of hydrogen-bond acceptors (Lipinski definition) is 7. The van der Waals surface area contributed by atoms with Crippen molar-refractivity contribution in [1.29, 1.82) is 0 Å². The van der Waals surface area contributed by atoms with Crippen LogP contribution in [0.5, 0.6) is 0 Å². The first-order valence-electron chi connectivity index (χ1n) is 14.6. The lowest BCUT2D eigenvalue weighted by molar-refractivity contribution is 0.165. The zero-order valence-corrected chi connectivity index (χ0v) is 26.8. The van der Waals surface area contributed by atoms with Gasteiger partial charge in [0.1, 0.15) is 17.3 Å². The lowest BCUT2D eigenvalue weighted by Crippen LogP contribution is -2.39. The van der Waals surface area contributed by atoms with Gasteiger partial charge in [-0.15, -0.1) is 0 Å². The van der Waals surface area contributed by atoms with Crippen LogP contribution in [0.2, 0.25) is 5.02 Å². The number of ether oxygens (including phenoxy) is 1. The van der Waals surface area contributed by atoms with Gasteiger partial charge in [0.15, 0.2) is 0 Å². The summed E-state index contributed by atoms with van der Waals surface area (Å²) in [5.74, 6) is -0.836. The van der Waals surface area contributed by atoms with E-state index in [4.69, 9.17) is 27.2 Å². The van der Waals surface area contributed by atoms with Crippen molar-refractivity contribution in [2.75, 3.05) is 24.2 Å². The first kappa shape index (κ1) is 31.9. The standard InChI is InChI=1S/C32H38ClFN6O3S/c1-19(2)40-31-25(21-9-12-24(13-10-21)37-20(3)17-43-4)16-36-32(35)29(31)30(38-40)22-11-14-28(27(34)15-22)39-44(41,42)18-23-7-5-6-8-26(23)33/h5-9,11,14-16,19-20,24,37,39H,10,12-13,17-18H2,1-4H3,(H2,35,36)/t20-,24-/m1/s1. The van der Waals surface area contributed by atoms with Crippen molar-refractivity contribution in [1.82, 2.24) is 20.1 Å². The summed E-state index contributed by atoms with van der Waals surface area (Å²) in [4.78, 5) is 4.52. The number of nitrogen functional groups attached to an aromatic ring is 1. The molecule has 0 spiro atoms. The Labute approximate surface area is 262 Å². The van der Waals surface area contributed by atoms with Crippen molar-refractivity contribution in [3.8, 4) is 11.3 Å². The number of nitrogens with zero attached hydrogens (tertiary/aromatic N) is 3. The number of nitrogens with two attached hydrogens (primary N) is 1. The number of nitrogens with one attached hydrogen (secondary N) is 2. The Morgan fingerprint density at radius 1 is 1.20 bits per heavy atom. The number of pyridine rings is 1. The Morgan fingerprint density at radius 3 is 2.64 bits per heavy atom. The van der Waals surface area contributed by atoms with Gasteiger partial charge in [0.25, 0.3) is 0 Å². The van der Waals surface area contributed by atoms with Crippen molar-refractivity contribution in [2.24, 2.45) is 0 Å². The van der Waals surface area contributed by atoms with Gasteiger partial charge >= 0.3 is 0 Å². The number of methoxy groups -OCH3 is 1. The molecule has 4 N–H and O–H groups in total. The summed E-state index contributed by atoms with van der Waals surface area (Å²) in [6.45, 7) is 6.83. The van der Waals surface area contributed by atoms with Crippen molar-refractivity contribution in [3.63, 3.8) is 0 Å². The van der Waals surface area contributed by atoms with E-state index in [-0.39, 0.29) is 23.5 Å². The molecule has 4 aromatic rings. The van der Waals surface area contributed by atoms with Crippen LogP contribution in [0.3, 0.4) is 0 Å². The molecule has 9 nitrogen and oxygen atoms in total. The van der Waals surface area contributed by atoms with Gasteiger partial charge in [-0.05, 0) is 69.4 Å². The minimum atomic E-state index is -3.93. The summed E-state index contributed by atoms with van der Waals surface area (Å²) in [5.41, 5.74) is 10.6. The van der Waals surface area contributed by atoms with Gasteiger partial charge < -0.3 is 15.8 Å². The Hall–Kier alpha value is -3.51. The van der Waals surface area contributed by atoms with E-state index in [1.165, 1.54) is 17.7 Å². The molecule has 0 radical (unpaired) electrons. The highest BCUT2D eigenvalue weighted by Gasteiger charge is 2.25. The number of sulfonamides is 1. The Bertz CT molecular complexity index is 1810. The van der Waals surface area contributed by atoms with Crippen LogP contribution >= 0.6 is 11.6 Å². The molecule has 2 atom stereocenters. The second kappa shape index (κ2) is 13.2. The number of aromatic nitrogens is 3.